The van der Waals surface area contributed by atoms with Gasteiger partial charge in [0.1, 0.15) is 0 Å². The van der Waals surface area contributed by atoms with Crippen LogP contribution in [0.4, 0.5) is 0 Å². The predicted octanol–water partition coefficient (Wildman–Crippen LogP) is 0.846. The molecule has 0 fully saturated rings. The average Bonchev–Trinajstić information content (AvgIpc) is 2.58. The van der Waals surface area contributed by atoms with E-state index in [0.29, 0.717) is 12.8 Å². The predicted molar refractivity (Wildman–Crippen MR) is 65.7 cm³/mol. The fourth-order valence-electron chi connectivity index (χ4n) is 1.47. The number of nitrogens with one attached hydrogen (secondary N) is 2. The van der Waals surface area contributed by atoms with Gasteiger partial charge in [-0.1, -0.05) is 6.92 Å². The molecule has 96 valence electrons. The Kier molecular flexibility index (Phi) is 4.28. The van der Waals surface area contributed by atoms with Gasteiger partial charge in [-0.3, -0.25) is 9.89 Å². The summed E-state index contributed by atoms with van der Waals surface area (Å²) in [7, 11) is 0. The zero-order chi connectivity index (χ0) is 13.1. The van der Waals surface area contributed by atoms with Crippen LogP contribution < -0.4 is 5.32 Å². The van der Waals surface area contributed by atoms with Crippen molar-refractivity contribution in [3.8, 4) is 0 Å². The highest BCUT2D eigenvalue weighted by Gasteiger charge is 2.19. The van der Waals surface area contributed by atoms with E-state index in [1.54, 1.807) is 6.92 Å². The summed E-state index contributed by atoms with van der Waals surface area (Å²) in [5.41, 5.74) is 1.86. The lowest BCUT2D eigenvalue weighted by atomic mass is 10.0. The summed E-state index contributed by atoms with van der Waals surface area (Å²) < 4.78 is 0. The van der Waals surface area contributed by atoms with Crippen molar-refractivity contribution in [2.24, 2.45) is 0 Å². The van der Waals surface area contributed by atoms with E-state index in [0.717, 1.165) is 17.0 Å². The molecular formula is C12H21N3O2. The summed E-state index contributed by atoms with van der Waals surface area (Å²) in [6.45, 7) is 7.63. The van der Waals surface area contributed by atoms with Gasteiger partial charge in [0.15, 0.2) is 0 Å². The van der Waals surface area contributed by atoms with Crippen LogP contribution >= 0.6 is 0 Å². The van der Waals surface area contributed by atoms with E-state index in [1.165, 1.54) is 0 Å². The quantitative estimate of drug-likeness (QED) is 0.712. The van der Waals surface area contributed by atoms with Crippen molar-refractivity contribution in [2.75, 3.05) is 6.54 Å². The van der Waals surface area contributed by atoms with E-state index < -0.39 is 5.60 Å². The van der Waals surface area contributed by atoms with Crippen LogP contribution in [0.1, 0.15) is 37.2 Å². The van der Waals surface area contributed by atoms with Gasteiger partial charge < -0.3 is 10.4 Å². The van der Waals surface area contributed by atoms with Crippen molar-refractivity contribution in [2.45, 2.75) is 46.1 Å². The first-order chi connectivity index (χ1) is 7.85. The fraction of sp³-hybridized carbons (Fsp3) is 0.667. The molecule has 0 aliphatic carbocycles. The van der Waals surface area contributed by atoms with Crippen LogP contribution in [0.3, 0.4) is 0 Å². The van der Waals surface area contributed by atoms with Crippen LogP contribution in [0.2, 0.25) is 0 Å². The minimum atomic E-state index is -0.837. The Morgan fingerprint density at radius 2 is 2.18 bits per heavy atom. The van der Waals surface area contributed by atoms with Gasteiger partial charge in [0.25, 0.3) is 0 Å². The Balaban J connectivity index is 2.51. The molecule has 3 N–H and O–H groups in total. The number of aliphatic hydroxyl groups is 1. The largest absolute Gasteiger partial charge is 0.388 e. The number of aromatic amines is 1. The Labute approximate surface area is 102 Å². The lowest BCUT2D eigenvalue weighted by molar-refractivity contribution is -0.121. The van der Waals surface area contributed by atoms with Gasteiger partial charge in [-0.15, -0.1) is 0 Å². The van der Waals surface area contributed by atoms with Gasteiger partial charge in [-0.2, -0.15) is 5.10 Å². The molecule has 0 aliphatic heterocycles. The molecule has 1 aromatic rings. The van der Waals surface area contributed by atoms with E-state index in [2.05, 4.69) is 15.5 Å². The number of H-pyrrole nitrogens is 1. The SMILES string of the molecule is CCC(C)(O)CNC(=O)Cc1c(C)n[nH]c1C. The average molecular weight is 239 g/mol. The van der Waals surface area contributed by atoms with Crippen LogP contribution in [0.25, 0.3) is 0 Å². The number of carbonyl (C=O) groups excluding carboxylic acids is 1. The van der Waals surface area contributed by atoms with Crippen LogP contribution in [0.5, 0.6) is 0 Å². The molecule has 17 heavy (non-hydrogen) atoms. The van der Waals surface area contributed by atoms with Crippen molar-refractivity contribution in [3.63, 3.8) is 0 Å². The molecule has 1 rings (SSSR count). The van der Waals surface area contributed by atoms with Crippen molar-refractivity contribution in [1.82, 2.24) is 15.5 Å². The zero-order valence-electron chi connectivity index (χ0n) is 10.9. The van der Waals surface area contributed by atoms with Gasteiger partial charge >= 0.3 is 0 Å². The van der Waals surface area contributed by atoms with E-state index >= 15 is 0 Å². The third kappa shape index (κ3) is 3.85. The van der Waals surface area contributed by atoms with Crippen LogP contribution in [0.15, 0.2) is 0 Å². The summed E-state index contributed by atoms with van der Waals surface area (Å²) >= 11 is 0. The van der Waals surface area contributed by atoms with Crippen LogP contribution in [-0.4, -0.2) is 33.4 Å². The Morgan fingerprint density at radius 3 is 2.65 bits per heavy atom. The monoisotopic (exact) mass is 239 g/mol. The number of carbonyl (C=O) groups is 1. The molecule has 1 aromatic heterocycles. The Hall–Kier alpha value is -1.36. The third-order valence-corrected chi connectivity index (χ3v) is 3.05. The smallest absolute Gasteiger partial charge is 0.224 e. The van der Waals surface area contributed by atoms with Gasteiger partial charge in [0.2, 0.25) is 5.91 Å². The molecule has 0 spiro atoms. The molecule has 0 bridgehead atoms. The summed E-state index contributed by atoms with van der Waals surface area (Å²) in [5, 5.41) is 19.4. The molecule has 1 unspecified atom stereocenters. The summed E-state index contributed by atoms with van der Waals surface area (Å²) in [4.78, 5) is 11.7. The van der Waals surface area contributed by atoms with Gasteiger partial charge in [-0.05, 0) is 27.2 Å². The number of nitrogens with zero attached hydrogens (tertiary/aromatic N) is 1. The Bertz CT molecular complexity index is 377. The van der Waals surface area contributed by atoms with E-state index in [4.69, 9.17) is 0 Å². The lowest BCUT2D eigenvalue weighted by Gasteiger charge is -2.21. The van der Waals surface area contributed by atoms with Gasteiger partial charge in [0, 0.05) is 17.8 Å². The molecule has 0 aromatic carbocycles. The third-order valence-electron chi connectivity index (χ3n) is 3.05. The standard InChI is InChI=1S/C12H21N3O2/c1-5-12(4,17)7-13-11(16)6-10-8(2)14-15-9(10)3/h17H,5-7H2,1-4H3,(H,13,16)(H,14,15). The molecule has 1 heterocycles. The maximum Gasteiger partial charge on any atom is 0.224 e. The molecule has 1 atom stereocenters. The highest BCUT2D eigenvalue weighted by atomic mass is 16.3. The van der Waals surface area contributed by atoms with Crippen molar-refractivity contribution < 1.29 is 9.90 Å². The Morgan fingerprint density at radius 1 is 1.53 bits per heavy atom. The maximum absolute atomic E-state index is 11.7. The summed E-state index contributed by atoms with van der Waals surface area (Å²) in [6, 6.07) is 0. The minimum absolute atomic E-state index is 0.0914. The molecule has 5 heteroatoms. The topological polar surface area (TPSA) is 78.0 Å². The number of aryl methyl sites for hydroxylation is 2. The minimum Gasteiger partial charge on any atom is -0.388 e. The van der Waals surface area contributed by atoms with Crippen molar-refractivity contribution in [1.29, 1.82) is 0 Å². The first kappa shape index (κ1) is 13.7. The van der Waals surface area contributed by atoms with E-state index in [1.807, 2.05) is 20.8 Å². The van der Waals surface area contributed by atoms with Crippen molar-refractivity contribution in [3.05, 3.63) is 17.0 Å². The molecule has 0 saturated heterocycles. The summed E-state index contributed by atoms with van der Waals surface area (Å²) in [6.07, 6.45) is 0.908. The molecule has 5 nitrogen and oxygen atoms in total. The molecule has 0 radical (unpaired) electrons. The highest BCUT2D eigenvalue weighted by molar-refractivity contribution is 5.79. The molecule has 1 amide bonds. The second-order valence-electron chi connectivity index (χ2n) is 4.72. The first-order valence-corrected chi connectivity index (χ1v) is 5.85. The first-order valence-electron chi connectivity index (χ1n) is 5.85. The normalized spacial score (nSPS) is 14.4. The van der Waals surface area contributed by atoms with Gasteiger partial charge in [0.05, 0.1) is 17.7 Å². The molecule has 0 saturated carbocycles. The second-order valence-corrected chi connectivity index (χ2v) is 4.72. The number of aromatic nitrogens is 2. The second kappa shape index (κ2) is 5.31. The number of hydrogen-bond donors (Lipinski definition) is 3. The van der Waals surface area contributed by atoms with Crippen molar-refractivity contribution >= 4 is 5.91 Å². The van der Waals surface area contributed by atoms with Crippen LogP contribution in [-0.2, 0) is 11.2 Å². The molecule has 0 aliphatic rings. The highest BCUT2D eigenvalue weighted by Crippen LogP contribution is 2.10. The van der Waals surface area contributed by atoms with Crippen LogP contribution in [0, 0.1) is 13.8 Å². The molecular weight excluding hydrogens is 218 g/mol. The summed E-state index contributed by atoms with van der Waals surface area (Å²) in [5.74, 6) is -0.0914. The maximum atomic E-state index is 11.7. The number of amides is 1. The van der Waals surface area contributed by atoms with E-state index in [9.17, 15) is 9.90 Å². The number of rotatable bonds is 5. The van der Waals surface area contributed by atoms with Gasteiger partial charge in [-0.25, -0.2) is 0 Å². The fourth-order valence-corrected chi connectivity index (χ4v) is 1.47. The zero-order valence-corrected chi connectivity index (χ0v) is 10.9. The van der Waals surface area contributed by atoms with E-state index in [-0.39, 0.29) is 12.5 Å². The lowest BCUT2D eigenvalue weighted by Crippen LogP contribution is -2.40. The number of hydrogen-bond acceptors (Lipinski definition) is 3.